The maximum atomic E-state index is 6.05. The third-order valence-electron chi connectivity index (χ3n) is 4.59. The molecule has 5 heteroatoms. The zero-order valence-electron chi connectivity index (χ0n) is 15.6. The van der Waals surface area contributed by atoms with Crippen LogP contribution in [0.2, 0.25) is 0 Å². The number of aromatic nitrogens is 2. The predicted molar refractivity (Wildman–Crippen MR) is 116 cm³/mol. The number of para-hydroxylation sites is 3. The molecule has 0 aliphatic rings. The van der Waals surface area contributed by atoms with Crippen molar-refractivity contribution in [2.75, 3.05) is 5.43 Å². The Morgan fingerprint density at radius 1 is 0.862 bits per heavy atom. The van der Waals surface area contributed by atoms with E-state index in [4.69, 9.17) is 9.52 Å². The maximum absolute atomic E-state index is 6.05. The van der Waals surface area contributed by atoms with E-state index in [0.717, 1.165) is 33.6 Å². The summed E-state index contributed by atoms with van der Waals surface area (Å²) < 4.78 is 7.89. The summed E-state index contributed by atoms with van der Waals surface area (Å²) in [5.74, 6) is 0.710. The van der Waals surface area contributed by atoms with Gasteiger partial charge in [-0.25, -0.2) is 4.68 Å². The van der Waals surface area contributed by atoms with E-state index in [1.807, 2.05) is 102 Å². The Balaban J connectivity index is 1.55. The topological polar surface area (TPSA) is 55.4 Å². The van der Waals surface area contributed by atoms with Crippen molar-refractivity contribution in [2.45, 2.75) is 0 Å². The van der Waals surface area contributed by atoms with Crippen LogP contribution in [0, 0.1) is 0 Å². The molecule has 0 unspecified atom stereocenters. The summed E-state index contributed by atoms with van der Waals surface area (Å²) in [6.07, 6.45) is 3.72. The summed E-state index contributed by atoms with van der Waals surface area (Å²) in [6, 6.07) is 29.8. The highest BCUT2D eigenvalue weighted by Crippen LogP contribution is 2.29. The number of hydrogen-bond donors (Lipinski definition) is 1. The van der Waals surface area contributed by atoms with E-state index in [2.05, 4.69) is 10.5 Å². The number of rotatable bonds is 5. The molecule has 0 aliphatic carbocycles. The minimum Gasteiger partial charge on any atom is -0.454 e. The van der Waals surface area contributed by atoms with E-state index in [9.17, 15) is 0 Å². The summed E-state index contributed by atoms with van der Waals surface area (Å²) in [5, 5.41) is 10.2. The third kappa shape index (κ3) is 3.53. The minimum atomic E-state index is 0.710. The van der Waals surface area contributed by atoms with Crippen molar-refractivity contribution < 1.29 is 4.42 Å². The molecule has 0 aliphatic heterocycles. The van der Waals surface area contributed by atoms with E-state index in [-0.39, 0.29) is 0 Å². The van der Waals surface area contributed by atoms with Crippen LogP contribution in [0.15, 0.2) is 107 Å². The molecule has 0 radical (unpaired) electrons. The molecule has 140 valence electrons. The molecule has 5 nitrogen and oxygen atoms in total. The number of hydrazone groups is 1. The lowest BCUT2D eigenvalue weighted by Crippen LogP contribution is -1.93. The summed E-state index contributed by atoms with van der Waals surface area (Å²) in [7, 11) is 0. The predicted octanol–water partition coefficient (Wildman–Crippen LogP) is 5.73. The standard InChI is InChI=1S/C24H18N4O/c1-3-10-20(11-4-1)26-25-16-19-17-28(21-12-5-2-6-13-21)27-24(19)23-15-18-9-7-8-14-22(18)29-23/h1-17,26H/b25-16+. The SMILES string of the molecule is C(=N\Nc1ccccc1)/c1cn(-c2ccccc2)nc1-c1cc2ccccc2o1. The number of anilines is 1. The van der Waals surface area contributed by atoms with Gasteiger partial charge in [0.1, 0.15) is 11.3 Å². The van der Waals surface area contributed by atoms with Crippen molar-refractivity contribution >= 4 is 22.9 Å². The first kappa shape index (κ1) is 17.0. The van der Waals surface area contributed by atoms with Gasteiger partial charge in [-0.3, -0.25) is 5.43 Å². The molecule has 0 amide bonds. The van der Waals surface area contributed by atoms with Gasteiger partial charge >= 0.3 is 0 Å². The number of furan rings is 1. The smallest absolute Gasteiger partial charge is 0.156 e. The molecule has 0 bridgehead atoms. The van der Waals surface area contributed by atoms with Gasteiger partial charge in [0.15, 0.2) is 5.76 Å². The second kappa shape index (κ2) is 7.48. The van der Waals surface area contributed by atoms with Crippen LogP contribution in [0.1, 0.15) is 5.56 Å². The first-order chi connectivity index (χ1) is 14.4. The number of nitrogens with zero attached hydrogens (tertiary/aromatic N) is 3. The van der Waals surface area contributed by atoms with Gasteiger partial charge in [-0.05, 0) is 36.4 Å². The first-order valence-electron chi connectivity index (χ1n) is 9.35. The van der Waals surface area contributed by atoms with Crippen LogP contribution in [-0.4, -0.2) is 16.0 Å². The Hall–Kier alpha value is -4.12. The van der Waals surface area contributed by atoms with E-state index < -0.39 is 0 Å². The van der Waals surface area contributed by atoms with Gasteiger partial charge in [0, 0.05) is 17.1 Å². The molecule has 0 spiro atoms. The maximum Gasteiger partial charge on any atom is 0.156 e. The lowest BCUT2D eigenvalue weighted by atomic mass is 10.2. The largest absolute Gasteiger partial charge is 0.454 e. The van der Waals surface area contributed by atoms with E-state index >= 15 is 0 Å². The molecule has 0 saturated carbocycles. The Kier molecular flexibility index (Phi) is 4.39. The number of hydrogen-bond acceptors (Lipinski definition) is 4. The van der Waals surface area contributed by atoms with Gasteiger partial charge in [-0.1, -0.05) is 54.6 Å². The van der Waals surface area contributed by atoms with Crippen molar-refractivity contribution in [1.82, 2.24) is 9.78 Å². The fraction of sp³-hybridized carbons (Fsp3) is 0. The monoisotopic (exact) mass is 378 g/mol. The molecule has 2 aromatic heterocycles. The van der Waals surface area contributed by atoms with Crippen molar-refractivity contribution in [3.05, 3.63) is 103 Å². The van der Waals surface area contributed by atoms with E-state index in [0.29, 0.717) is 5.76 Å². The molecule has 1 N–H and O–H groups in total. The lowest BCUT2D eigenvalue weighted by Gasteiger charge is -1.98. The van der Waals surface area contributed by atoms with Crippen LogP contribution in [0.3, 0.4) is 0 Å². The van der Waals surface area contributed by atoms with E-state index in [1.165, 1.54) is 0 Å². The fourth-order valence-corrected chi connectivity index (χ4v) is 3.17. The van der Waals surface area contributed by atoms with Gasteiger partial charge < -0.3 is 4.42 Å². The van der Waals surface area contributed by atoms with Crippen molar-refractivity contribution in [3.63, 3.8) is 0 Å². The Labute approximate surface area is 167 Å². The molecule has 29 heavy (non-hydrogen) atoms. The highest BCUT2D eigenvalue weighted by atomic mass is 16.3. The first-order valence-corrected chi connectivity index (χ1v) is 9.35. The molecule has 3 aromatic carbocycles. The molecule has 2 heterocycles. The van der Waals surface area contributed by atoms with Crippen LogP contribution >= 0.6 is 0 Å². The van der Waals surface area contributed by atoms with E-state index in [1.54, 1.807) is 6.21 Å². The molecule has 5 aromatic rings. The van der Waals surface area contributed by atoms with Crippen LogP contribution < -0.4 is 5.43 Å². The van der Waals surface area contributed by atoms with Crippen LogP contribution in [0.25, 0.3) is 28.1 Å². The van der Waals surface area contributed by atoms with Gasteiger partial charge in [-0.15, -0.1) is 0 Å². The van der Waals surface area contributed by atoms with Crippen molar-refractivity contribution in [3.8, 4) is 17.1 Å². The average molecular weight is 378 g/mol. The highest BCUT2D eigenvalue weighted by molar-refractivity contribution is 5.91. The summed E-state index contributed by atoms with van der Waals surface area (Å²) in [5.41, 5.74) is 7.38. The van der Waals surface area contributed by atoms with Gasteiger partial charge in [-0.2, -0.15) is 10.2 Å². The molecular formula is C24H18N4O. The Morgan fingerprint density at radius 2 is 1.59 bits per heavy atom. The number of nitrogens with one attached hydrogen (secondary N) is 1. The zero-order valence-corrected chi connectivity index (χ0v) is 15.6. The average Bonchev–Trinajstić information content (AvgIpc) is 3.39. The quantitative estimate of drug-likeness (QED) is 0.314. The normalized spacial score (nSPS) is 11.3. The van der Waals surface area contributed by atoms with Gasteiger partial charge in [0.2, 0.25) is 0 Å². The zero-order chi connectivity index (χ0) is 19.5. The summed E-state index contributed by atoms with van der Waals surface area (Å²) in [4.78, 5) is 0. The minimum absolute atomic E-state index is 0.710. The molecule has 0 atom stereocenters. The highest BCUT2D eigenvalue weighted by Gasteiger charge is 2.15. The van der Waals surface area contributed by atoms with Gasteiger partial charge in [0.05, 0.1) is 17.6 Å². The molecule has 5 rings (SSSR count). The lowest BCUT2D eigenvalue weighted by molar-refractivity contribution is 0.627. The molecule has 0 fully saturated rings. The molecular weight excluding hydrogens is 360 g/mol. The summed E-state index contributed by atoms with van der Waals surface area (Å²) >= 11 is 0. The van der Waals surface area contributed by atoms with Crippen LogP contribution in [0.4, 0.5) is 5.69 Å². The van der Waals surface area contributed by atoms with Crippen LogP contribution in [-0.2, 0) is 0 Å². The van der Waals surface area contributed by atoms with Crippen molar-refractivity contribution in [1.29, 1.82) is 0 Å². The third-order valence-corrected chi connectivity index (χ3v) is 4.59. The Bertz CT molecular complexity index is 1240. The summed E-state index contributed by atoms with van der Waals surface area (Å²) in [6.45, 7) is 0. The van der Waals surface area contributed by atoms with Crippen molar-refractivity contribution in [2.24, 2.45) is 5.10 Å². The second-order valence-electron chi connectivity index (χ2n) is 6.60. The fourth-order valence-electron chi connectivity index (χ4n) is 3.17. The number of benzene rings is 3. The second-order valence-corrected chi connectivity index (χ2v) is 6.60. The van der Waals surface area contributed by atoms with Gasteiger partial charge in [0.25, 0.3) is 0 Å². The van der Waals surface area contributed by atoms with Crippen LogP contribution in [0.5, 0.6) is 0 Å². The Morgan fingerprint density at radius 3 is 2.38 bits per heavy atom. The number of fused-ring (bicyclic) bond motifs is 1. The molecule has 0 saturated heterocycles.